The molecule has 5 atom stereocenters. The second-order valence-corrected chi connectivity index (χ2v) is 10.3. The number of hydrogen-bond donors (Lipinski definition) is 5. The average molecular weight is 607 g/mol. The molecule has 5 unspecified atom stereocenters. The van der Waals surface area contributed by atoms with Crippen molar-refractivity contribution >= 4 is 17.2 Å². The highest BCUT2D eigenvalue weighted by Gasteiger charge is 2.45. The molecule has 216 valence electrons. The van der Waals surface area contributed by atoms with Crippen LogP contribution in [0.5, 0.6) is 0 Å². The molecule has 13 nitrogen and oxygen atoms in total. The fourth-order valence-electron chi connectivity index (χ4n) is 4.07. The summed E-state index contributed by atoms with van der Waals surface area (Å²) in [5.74, 6) is 0. The van der Waals surface area contributed by atoms with Crippen molar-refractivity contribution in [3.8, 4) is 11.1 Å². The highest BCUT2D eigenvalue weighted by atomic mass is 31.2. The maximum absolute atomic E-state index is 13.5. The molecule has 0 bridgehead atoms. The first-order valence-electron chi connectivity index (χ1n) is 11.3. The van der Waals surface area contributed by atoms with E-state index < -0.39 is 77.9 Å². The predicted molar refractivity (Wildman–Crippen MR) is 132 cm³/mol. The number of rotatable bonds is 9. The van der Waals surface area contributed by atoms with Gasteiger partial charge in [-0.2, -0.15) is 13.2 Å². The second kappa shape index (κ2) is 12.5. The minimum absolute atomic E-state index is 0.0923. The smallest absolute Gasteiger partial charge is 0.387 e. The van der Waals surface area contributed by atoms with Crippen LogP contribution >= 0.6 is 17.2 Å². The van der Waals surface area contributed by atoms with Crippen LogP contribution in [0.15, 0.2) is 64.4 Å². The number of pyridine rings is 1. The lowest BCUT2D eigenvalue weighted by atomic mass is 9.99. The lowest BCUT2D eigenvalue weighted by molar-refractivity contribution is -0.137. The minimum Gasteiger partial charge on any atom is -0.387 e. The van der Waals surface area contributed by atoms with Gasteiger partial charge in [0.2, 0.25) is 0 Å². The van der Waals surface area contributed by atoms with Crippen LogP contribution in [0, 0.1) is 0 Å². The molecular weight excluding hydrogens is 585 g/mol. The summed E-state index contributed by atoms with van der Waals surface area (Å²) in [5.41, 5.74) is -2.49. The molecule has 3 heterocycles. The number of aromatic nitrogens is 3. The van der Waals surface area contributed by atoms with E-state index in [1.807, 2.05) is 0 Å². The summed E-state index contributed by atoms with van der Waals surface area (Å²) in [6.07, 6.45) is -8.43. The number of halogens is 3. The molecule has 0 spiro atoms. The summed E-state index contributed by atoms with van der Waals surface area (Å²) < 4.78 is 56.7. The minimum atomic E-state index is -4.62. The Hall–Kier alpha value is -2.62. The number of aliphatic hydroxyl groups excluding tert-OH is 2. The van der Waals surface area contributed by atoms with Gasteiger partial charge in [-0.3, -0.25) is 18.9 Å². The van der Waals surface area contributed by atoms with Gasteiger partial charge in [0.05, 0.1) is 24.4 Å². The highest BCUT2D eigenvalue weighted by molar-refractivity contribution is 7.54. The molecule has 0 amide bonds. The first-order valence-corrected chi connectivity index (χ1v) is 13.6. The molecule has 0 saturated carbocycles. The van der Waals surface area contributed by atoms with Crippen LogP contribution in [0.1, 0.15) is 17.5 Å². The molecule has 3 aromatic rings. The summed E-state index contributed by atoms with van der Waals surface area (Å²) in [7, 11) is -5.65. The lowest BCUT2D eigenvalue weighted by Gasteiger charge is -2.19. The summed E-state index contributed by atoms with van der Waals surface area (Å²) in [4.78, 5) is 56.8. The van der Waals surface area contributed by atoms with E-state index >= 15 is 0 Å². The third-order valence-corrected chi connectivity index (χ3v) is 7.39. The number of ether oxygens (including phenoxy) is 1. The standard InChI is InChI=1S/C22H22F3N3O10P2/c23-22(24,25)15-4-2-1-3-14(15)12-5-7-26-13(9-12)10-28-17(29)6-8-27(21(28)32)20-19(31)18(30)16(37-20)11-36-40(35)38-39(33)34/h1-9,16,18-20,30-31,33-35H,10-11H2. The normalized spacial score (nSPS) is 22.1. The van der Waals surface area contributed by atoms with Gasteiger partial charge in [0, 0.05) is 18.5 Å². The molecule has 1 aliphatic heterocycles. The van der Waals surface area contributed by atoms with E-state index in [1.54, 1.807) is 0 Å². The highest BCUT2D eigenvalue weighted by Crippen LogP contribution is 2.46. The average Bonchev–Trinajstić information content (AvgIpc) is 3.18. The zero-order chi connectivity index (χ0) is 29.2. The van der Waals surface area contributed by atoms with Gasteiger partial charge in [0.1, 0.15) is 18.3 Å². The van der Waals surface area contributed by atoms with E-state index in [2.05, 4.69) is 9.29 Å². The third kappa shape index (κ3) is 6.81. The van der Waals surface area contributed by atoms with Crippen molar-refractivity contribution in [3.63, 3.8) is 0 Å². The van der Waals surface area contributed by atoms with Crippen molar-refractivity contribution in [2.24, 2.45) is 0 Å². The van der Waals surface area contributed by atoms with Gasteiger partial charge in [-0.1, -0.05) is 18.2 Å². The quantitative estimate of drug-likeness (QED) is 0.220. The first-order chi connectivity index (χ1) is 18.9. The monoisotopic (exact) mass is 607 g/mol. The number of nitrogens with zero attached hydrogens (tertiary/aromatic N) is 3. The molecule has 18 heteroatoms. The molecule has 4 rings (SSSR count). The summed E-state index contributed by atoms with van der Waals surface area (Å²) in [6, 6.07) is 8.57. The molecule has 1 aliphatic rings. The van der Waals surface area contributed by atoms with Crippen LogP contribution in [-0.2, 0) is 26.3 Å². The maximum Gasteiger partial charge on any atom is 0.417 e. The Morgan fingerprint density at radius 2 is 1.77 bits per heavy atom. The van der Waals surface area contributed by atoms with Crippen molar-refractivity contribution in [3.05, 3.63) is 87.0 Å². The zero-order valence-electron chi connectivity index (χ0n) is 20.1. The zero-order valence-corrected chi connectivity index (χ0v) is 21.9. The lowest BCUT2D eigenvalue weighted by Crippen LogP contribution is -2.43. The Morgan fingerprint density at radius 1 is 1.05 bits per heavy atom. The van der Waals surface area contributed by atoms with Gasteiger partial charge in [-0.15, -0.1) is 0 Å². The summed E-state index contributed by atoms with van der Waals surface area (Å²) in [5, 5.41) is 20.8. The number of hydrogen-bond acceptors (Lipinski definition) is 11. The molecule has 1 saturated heterocycles. The van der Waals surface area contributed by atoms with Gasteiger partial charge in [0.25, 0.3) is 5.56 Å². The van der Waals surface area contributed by atoms with Gasteiger partial charge in [0.15, 0.2) is 6.23 Å². The van der Waals surface area contributed by atoms with Crippen molar-refractivity contribution in [2.75, 3.05) is 6.61 Å². The molecule has 1 fully saturated rings. The maximum atomic E-state index is 13.5. The van der Waals surface area contributed by atoms with Crippen LogP contribution in [0.4, 0.5) is 13.2 Å². The van der Waals surface area contributed by atoms with Gasteiger partial charge < -0.3 is 34.2 Å². The van der Waals surface area contributed by atoms with E-state index in [0.29, 0.717) is 0 Å². The molecule has 2 aromatic heterocycles. The second-order valence-electron chi connectivity index (χ2n) is 8.42. The van der Waals surface area contributed by atoms with Gasteiger partial charge in [-0.25, -0.2) is 9.11 Å². The van der Waals surface area contributed by atoms with Crippen molar-refractivity contribution in [2.45, 2.75) is 37.3 Å². The Balaban J connectivity index is 1.58. The van der Waals surface area contributed by atoms with E-state index in [9.17, 15) is 37.9 Å². The number of aliphatic hydroxyl groups is 2. The Morgan fingerprint density at radius 3 is 2.48 bits per heavy atom. The Labute approximate surface area is 225 Å². The van der Waals surface area contributed by atoms with E-state index in [0.717, 1.165) is 27.5 Å². The van der Waals surface area contributed by atoms with Crippen molar-refractivity contribution in [1.82, 2.24) is 14.1 Å². The molecular formula is C22H22F3N3O10P2. The number of alkyl halides is 3. The predicted octanol–water partition coefficient (Wildman–Crippen LogP) is 1.22. The first kappa shape index (κ1) is 30.3. The molecule has 0 radical (unpaired) electrons. The van der Waals surface area contributed by atoms with E-state index in [4.69, 9.17) is 19.0 Å². The van der Waals surface area contributed by atoms with Crippen LogP contribution in [0.3, 0.4) is 0 Å². The third-order valence-electron chi connectivity index (χ3n) is 5.88. The topological polar surface area (TPSA) is 186 Å². The largest absolute Gasteiger partial charge is 0.417 e. The van der Waals surface area contributed by atoms with Gasteiger partial charge >= 0.3 is 29.1 Å². The Kier molecular flexibility index (Phi) is 9.47. The van der Waals surface area contributed by atoms with Crippen LogP contribution in [0.2, 0.25) is 0 Å². The fourth-order valence-corrected chi connectivity index (χ4v) is 5.03. The van der Waals surface area contributed by atoms with E-state index in [1.165, 1.54) is 36.5 Å². The summed E-state index contributed by atoms with van der Waals surface area (Å²) in [6.45, 7) is -1.000. The van der Waals surface area contributed by atoms with Crippen molar-refractivity contribution < 1.29 is 51.6 Å². The SMILES string of the molecule is O=c1ccn(C2OC(COP(O)OP(O)O)C(O)C2O)c(=O)n1Cc1cc(-c2ccccc2C(F)(F)F)ccn1. The Bertz CT molecular complexity index is 1450. The molecule has 1 aromatic carbocycles. The summed E-state index contributed by atoms with van der Waals surface area (Å²) >= 11 is 0. The van der Waals surface area contributed by atoms with Crippen molar-refractivity contribution in [1.29, 1.82) is 0 Å². The molecule has 40 heavy (non-hydrogen) atoms. The van der Waals surface area contributed by atoms with Crippen LogP contribution < -0.4 is 11.2 Å². The van der Waals surface area contributed by atoms with E-state index in [-0.39, 0.29) is 16.8 Å². The molecule has 0 aliphatic carbocycles. The van der Waals surface area contributed by atoms with Crippen LogP contribution in [-0.4, -0.2) is 63.9 Å². The van der Waals surface area contributed by atoms with Gasteiger partial charge in [-0.05, 0) is 29.3 Å². The van der Waals surface area contributed by atoms with Crippen LogP contribution in [0.25, 0.3) is 11.1 Å². The number of benzene rings is 1. The molecule has 5 N–H and O–H groups in total. The fraction of sp³-hybridized carbons (Fsp3) is 0.318.